The third-order valence-electron chi connectivity index (χ3n) is 5.82. The zero-order valence-electron chi connectivity index (χ0n) is 18.3. The molecule has 1 fully saturated rings. The zero-order chi connectivity index (χ0) is 23.5. The van der Waals surface area contributed by atoms with Crippen molar-refractivity contribution in [3.63, 3.8) is 0 Å². The van der Waals surface area contributed by atoms with Gasteiger partial charge in [0.1, 0.15) is 11.3 Å². The van der Waals surface area contributed by atoms with Crippen molar-refractivity contribution >= 4 is 28.7 Å². The summed E-state index contributed by atoms with van der Waals surface area (Å²) in [6, 6.07) is 20.5. The standard InChI is InChI=1S/C26H22FN3O4/c27-18-9-11-19(12-10-18)29-13-15-30(16-14-29)24(31)17-33-26(32)21-6-2-1-5-20(21)25-28-22-7-3-4-8-23(22)34-25/h1-12H,13-17H2. The number of amides is 1. The SMILES string of the molecule is O=C(OCC(=O)N1CCN(c2ccc(F)cc2)CC1)c1ccccc1-c1nc2ccccc2o1. The summed E-state index contributed by atoms with van der Waals surface area (Å²) in [6.07, 6.45) is 0. The van der Waals surface area contributed by atoms with Gasteiger partial charge in [0.15, 0.2) is 12.2 Å². The van der Waals surface area contributed by atoms with Crippen LogP contribution in [0.3, 0.4) is 0 Å². The number of hydrogen-bond acceptors (Lipinski definition) is 6. The molecule has 1 amide bonds. The topological polar surface area (TPSA) is 75.9 Å². The van der Waals surface area contributed by atoms with Crippen molar-refractivity contribution in [1.29, 1.82) is 0 Å². The first-order valence-electron chi connectivity index (χ1n) is 11.0. The summed E-state index contributed by atoms with van der Waals surface area (Å²) >= 11 is 0. The van der Waals surface area contributed by atoms with Crippen LogP contribution >= 0.6 is 0 Å². The number of ether oxygens (including phenoxy) is 1. The van der Waals surface area contributed by atoms with Crippen molar-refractivity contribution in [2.75, 3.05) is 37.7 Å². The number of rotatable bonds is 5. The molecule has 0 bridgehead atoms. The first-order valence-corrected chi connectivity index (χ1v) is 11.0. The monoisotopic (exact) mass is 459 g/mol. The average molecular weight is 459 g/mol. The van der Waals surface area contributed by atoms with Crippen LogP contribution in [0.25, 0.3) is 22.6 Å². The summed E-state index contributed by atoms with van der Waals surface area (Å²) < 4.78 is 24.3. The number of esters is 1. The van der Waals surface area contributed by atoms with E-state index in [0.29, 0.717) is 48.7 Å². The maximum atomic E-state index is 13.1. The normalized spacial score (nSPS) is 13.8. The lowest BCUT2D eigenvalue weighted by molar-refractivity contribution is -0.134. The smallest absolute Gasteiger partial charge is 0.339 e. The van der Waals surface area contributed by atoms with E-state index in [1.54, 1.807) is 47.4 Å². The number of hydrogen-bond donors (Lipinski definition) is 0. The number of anilines is 1. The number of fused-ring (bicyclic) bond motifs is 1. The maximum Gasteiger partial charge on any atom is 0.339 e. The van der Waals surface area contributed by atoms with Crippen molar-refractivity contribution in [2.24, 2.45) is 0 Å². The van der Waals surface area contributed by atoms with Crippen LogP contribution < -0.4 is 4.90 Å². The Balaban J connectivity index is 1.20. The van der Waals surface area contributed by atoms with Crippen LogP contribution in [0.2, 0.25) is 0 Å². The second-order valence-corrected chi connectivity index (χ2v) is 7.95. The van der Waals surface area contributed by atoms with Crippen molar-refractivity contribution < 1.29 is 23.1 Å². The van der Waals surface area contributed by atoms with Crippen LogP contribution in [0.5, 0.6) is 0 Å². The highest BCUT2D eigenvalue weighted by molar-refractivity contribution is 5.97. The fourth-order valence-electron chi connectivity index (χ4n) is 4.00. The number of benzene rings is 3. The fraction of sp³-hybridized carbons (Fsp3) is 0.192. The molecule has 1 aliphatic rings. The maximum absolute atomic E-state index is 13.1. The molecule has 0 saturated carbocycles. The molecule has 4 aromatic rings. The van der Waals surface area contributed by atoms with E-state index in [1.807, 2.05) is 18.2 Å². The van der Waals surface area contributed by atoms with Gasteiger partial charge in [0.05, 0.1) is 11.1 Å². The van der Waals surface area contributed by atoms with Gasteiger partial charge in [0.25, 0.3) is 5.91 Å². The van der Waals surface area contributed by atoms with E-state index < -0.39 is 5.97 Å². The number of aromatic nitrogens is 1. The lowest BCUT2D eigenvalue weighted by atomic mass is 10.1. The zero-order valence-corrected chi connectivity index (χ0v) is 18.3. The summed E-state index contributed by atoms with van der Waals surface area (Å²) in [7, 11) is 0. The second kappa shape index (κ2) is 9.35. The first-order chi connectivity index (χ1) is 16.6. The van der Waals surface area contributed by atoms with E-state index >= 15 is 0 Å². The van der Waals surface area contributed by atoms with Gasteiger partial charge in [0, 0.05) is 31.9 Å². The molecular weight excluding hydrogens is 437 g/mol. The summed E-state index contributed by atoms with van der Waals surface area (Å²) in [5.74, 6) is -0.836. The lowest BCUT2D eigenvalue weighted by Crippen LogP contribution is -2.49. The number of halogens is 1. The van der Waals surface area contributed by atoms with Gasteiger partial charge in [-0.15, -0.1) is 0 Å². The molecule has 1 aliphatic heterocycles. The van der Waals surface area contributed by atoms with Gasteiger partial charge in [0.2, 0.25) is 5.89 Å². The molecule has 172 valence electrons. The first kappa shape index (κ1) is 21.6. The molecule has 1 saturated heterocycles. The van der Waals surface area contributed by atoms with Crippen LogP contribution in [0.1, 0.15) is 10.4 Å². The highest BCUT2D eigenvalue weighted by Gasteiger charge is 2.24. The minimum absolute atomic E-state index is 0.258. The van der Waals surface area contributed by atoms with Gasteiger partial charge in [-0.25, -0.2) is 14.2 Å². The summed E-state index contributed by atoms with van der Waals surface area (Å²) in [5, 5.41) is 0. The molecule has 0 aliphatic carbocycles. The van der Waals surface area contributed by atoms with E-state index in [0.717, 1.165) is 5.69 Å². The van der Waals surface area contributed by atoms with E-state index in [2.05, 4.69) is 9.88 Å². The molecule has 7 nitrogen and oxygen atoms in total. The fourth-order valence-corrected chi connectivity index (χ4v) is 4.00. The Morgan fingerprint density at radius 2 is 1.62 bits per heavy atom. The Morgan fingerprint density at radius 1 is 0.912 bits per heavy atom. The van der Waals surface area contributed by atoms with Crippen molar-refractivity contribution in [2.45, 2.75) is 0 Å². The number of carbonyl (C=O) groups is 2. The molecule has 2 heterocycles. The molecule has 1 aromatic heterocycles. The molecule has 0 N–H and O–H groups in total. The van der Waals surface area contributed by atoms with E-state index in [1.165, 1.54) is 12.1 Å². The van der Waals surface area contributed by atoms with Crippen LogP contribution in [-0.4, -0.2) is 54.5 Å². The molecule has 3 aromatic carbocycles. The Labute approximate surface area is 195 Å². The van der Waals surface area contributed by atoms with Crippen LogP contribution in [0.4, 0.5) is 10.1 Å². The molecule has 0 spiro atoms. The minimum atomic E-state index is -0.615. The predicted molar refractivity (Wildman–Crippen MR) is 125 cm³/mol. The quantitative estimate of drug-likeness (QED) is 0.418. The van der Waals surface area contributed by atoms with E-state index in [4.69, 9.17) is 9.15 Å². The van der Waals surface area contributed by atoms with Gasteiger partial charge >= 0.3 is 5.97 Å². The van der Waals surface area contributed by atoms with Crippen LogP contribution in [0.15, 0.2) is 77.2 Å². The predicted octanol–water partition coefficient (Wildman–Crippen LogP) is 4.14. The summed E-state index contributed by atoms with van der Waals surface area (Å²) in [4.78, 5) is 33.7. The molecule has 34 heavy (non-hydrogen) atoms. The molecular formula is C26H22FN3O4. The van der Waals surface area contributed by atoms with Gasteiger partial charge < -0.3 is 19.0 Å². The van der Waals surface area contributed by atoms with Crippen molar-refractivity contribution in [3.8, 4) is 11.5 Å². The largest absolute Gasteiger partial charge is 0.452 e. The Bertz CT molecular complexity index is 1290. The third kappa shape index (κ3) is 4.47. The lowest BCUT2D eigenvalue weighted by Gasteiger charge is -2.36. The Hall–Kier alpha value is -4.20. The van der Waals surface area contributed by atoms with Gasteiger partial charge in [-0.1, -0.05) is 24.3 Å². The number of nitrogens with zero attached hydrogens (tertiary/aromatic N) is 3. The average Bonchev–Trinajstić information content (AvgIpc) is 3.32. The van der Waals surface area contributed by atoms with Gasteiger partial charge in [-0.2, -0.15) is 0 Å². The van der Waals surface area contributed by atoms with Gasteiger partial charge in [-0.3, -0.25) is 4.79 Å². The highest BCUT2D eigenvalue weighted by atomic mass is 19.1. The van der Waals surface area contributed by atoms with Crippen molar-refractivity contribution in [1.82, 2.24) is 9.88 Å². The number of piperazine rings is 1. The van der Waals surface area contributed by atoms with Crippen LogP contribution in [-0.2, 0) is 9.53 Å². The second-order valence-electron chi connectivity index (χ2n) is 7.95. The van der Waals surface area contributed by atoms with E-state index in [9.17, 15) is 14.0 Å². The Morgan fingerprint density at radius 3 is 2.38 bits per heavy atom. The number of para-hydroxylation sites is 2. The molecule has 0 unspecified atom stereocenters. The summed E-state index contributed by atoms with van der Waals surface area (Å²) in [6.45, 7) is 1.87. The van der Waals surface area contributed by atoms with Crippen molar-refractivity contribution in [3.05, 3.63) is 84.2 Å². The highest BCUT2D eigenvalue weighted by Crippen LogP contribution is 2.27. The molecule has 8 heteroatoms. The Kier molecular flexibility index (Phi) is 5.95. The summed E-state index contributed by atoms with van der Waals surface area (Å²) in [5.41, 5.74) is 3.01. The van der Waals surface area contributed by atoms with E-state index in [-0.39, 0.29) is 23.9 Å². The number of oxazole rings is 1. The minimum Gasteiger partial charge on any atom is -0.452 e. The molecule has 0 atom stereocenters. The molecule has 0 radical (unpaired) electrons. The van der Waals surface area contributed by atoms with Gasteiger partial charge in [-0.05, 0) is 48.5 Å². The van der Waals surface area contributed by atoms with Crippen LogP contribution in [0, 0.1) is 5.82 Å². The number of carbonyl (C=O) groups excluding carboxylic acids is 2. The molecule has 5 rings (SSSR count). The third-order valence-corrected chi connectivity index (χ3v) is 5.82.